The predicted octanol–water partition coefficient (Wildman–Crippen LogP) is 3.29. The van der Waals surface area contributed by atoms with Gasteiger partial charge in [-0.1, -0.05) is 23.7 Å². The summed E-state index contributed by atoms with van der Waals surface area (Å²) in [5.74, 6) is -0.458. The van der Waals surface area contributed by atoms with Crippen LogP contribution in [0.15, 0.2) is 59.2 Å². The van der Waals surface area contributed by atoms with E-state index < -0.39 is 16.0 Å². The summed E-state index contributed by atoms with van der Waals surface area (Å²) in [6, 6.07) is 10.4. The molecular formula is C19H15ClN4O4S2. The number of amides is 1. The van der Waals surface area contributed by atoms with E-state index in [0.717, 1.165) is 6.26 Å². The number of nitrogens with one attached hydrogen (secondary N) is 1. The zero-order chi connectivity index (χ0) is 21.3. The molecule has 0 spiro atoms. The van der Waals surface area contributed by atoms with Gasteiger partial charge in [-0.3, -0.25) is 13.5 Å². The number of rotatable bonds is 5. The number of fused-ring (bicyclic) bond motifs is 1. The molecule has 8 nitrogen and oxygen atoms in total. The van der Waals surface area contributed by atoms with Crippen LogP contribution in [0.25, 0.3) is 16.7 Å². The predicted molar refractivity (Wildman–Crippen MR) is 114 cm³/mol. The Morgan fingerprint density at radius 2 is 2.10 bits per heavy atom. The Kier molecular flexibility index (Phi) is 5.56. The molecule has 0 bridgehead atoms. The lowest BCUT2D eigenvalue weighted by Crippen LogP contribution is -2.19. The first kappa shape index (κ1) is 20.5. The first-order valence-corrected chi connectivity index (χ1v) is 11.7. The smallest absolute Gasteiger partial charge is 0.280 e. The highest BCUT2D eigenvalue weighted by molar-refractivity contribution is 7.85. The Hall–Kier alpha value is -2.79. The van der Waals surface area contributed by atoms with E-state index in [0.29, 0.717) is 37.8 Å². The van der Waals surface area contributed by atoms with Gasteiger partial charge >= 0.3 is 0 Å². The van der Waals surface area contributed by atoms with E-state index in [1.807, 2.05) is 0 Å². The molecule has 154 valence electrons. The fraction of sp³-hybridized carbons (Fsp3) is 0.105. The average molecular weight is 463 g/mol. The molecule has 4 rings (SSSR count). The standard InChI is InChI=1S/C19H15ClN4O4S2/c1-30(26,27)28-10-12-11-29-19(24(12)16-5-3-2-4-15(16)20)23-18(25)14-7-9-22-17-13(14)6-8-21-17/h2-9,11H,10H2,1H3,(H,21,22)/b23-19-. The monoisotopic (exact) mass is 462 g/mol. The van der Waals surface area contributed by atoms with Crippen LogP contribution in [0, 0.1) is 0 Å². The molecule has 0 radical (unpaired) electrons. The van der Waals surface area contributed by atoms with E-state index in [1.165, 1.54) is 17.5 Å². The van der Waals surface area contributed by atoms with Gasteiger partial charge in [0, 0.05) is 23.2 Å². The van der Waals surface area contributed by atoms with Crippen molar-refractivity contribution in [1.29, 1.82) is 0 Å². The van der Waals surface area contributed by atoms with Gasteiger partial charge in [-0.25, -0.2) is 4.98 Å². The normalized spacial score (nSPS) is 12.5. The van der Waals surface area contributed by atoms with Crippen LogP contribution in [0.5, 0.6) is 0 Å². The second kappa shape index (κ2) is 8.15. The van der Waals surface area contributed by atoms with Gasteiger partial charge in [-0.2, -0.15) is 13.4 Å². The molecule has 1 amide bonds. The SMILES string of the molecule is CS(=O)(=O)OCc1cs/c(=N\C(=O)c2ccnc3[nH]ccc23)n1-c1ccccc1Cl. The summed E-state index contributed by atoms with van der Waals surface area (Å²) < 4.78 is 29.5. The molecule has 0 aliphatic carbocycles. The lowest BCUT2D eigenvalue weighted by molar-refractivity contribution is 0.0999. The van der Waals surface area contributed by atoms with Crippen molar-refractivity contribution >= 4 is 50.0 Å². The largest absolute Gasteiger partial charge is 0.346 e. The van der Waals surface area contributed by atoms with Gasteiger partial charge in [-0.15, -0.1) is 11.3 Å². The number of nitrogens with zero attached hydrogens (tertiary/aromatic N) is 3. The van der Waals surface area contributed by atoms with Gasteiger partial charge in [0.2, 0.25) is 0 Å². The summed E-state index contributed by atoms with van der Waals surface area (Å²) in [5.41, 5.74) is 2.03. The van der Waals surface area contributed by atoms with Gasteiger partial charge in [0.25, 0.3) is 16.0 Å². The number of H-pyrrole nitrogens is 1. The fourth-order valence-corrected chi connectivity index (χ4v) is 4.30. The van der Waals surface area contributed by atoms with Crippen LogP contribution in [0.2, 0.25) is 5.02 Å². The van der Waals surface area contributed by atoms with Gasteiger partial charge in [0.15, 0.2) is 4.80 Å². The molecule has 1 N–H and O–H groups in total. The minimum Gasteiger partial charge on any atom is -0.346 e. The van der Waals surface area contributed by atoms with Crippen LogP contribution >= 0.6 is 22.9 Å². The summed E-state index contributed by atoms with van der Waals surface area (Å²) in [4.78, 5) is 24.7. The van der Waals surface area contributed by atoms with Crippen molar-refractivity contribution in [2.24, 2.45) is 4.99 Å². The van der Waals surface area contributed by atoms with E-state index in [2.05, 4.69) is 15.0 Å². The van der Waals surface area contributed by atoms with Crippen LogP contribution in [-0.4, -0.2) is 35.1 Å². The van der Waals surface area contributed by atoms with Crippen molar-refractivity contribution in [3.8, 4) is 5.69 Å². The third-order valence-corrected chi connectivity index (χ3v) is 5.92. The molecule has 30 heavy (non-hydrogen) atoms. The molecule has 0 fully saturated rings. The van der Waals surface area contributed by atoms with Crippen LogP contribution in [0.1, 0.15) is 16.1 Å². The van der Waals surface area contributed by atoms with Crippen molar-refractivity contribution in [1.82, 2.24) is 14.5 Å². The number of para-hydroxylation sites is 1. The highest BCUT2D eigenvalue weighted by Crippen LogP contribution is 2.22. The lowest BCUT2D eigenvalue weighted by atomic mass is 10.2. The fourth-order valence-electron chi connectivity index (χ4n) is 2.88. The van der Waals surface area contributed by atoms with Crippen molar-refractivity contribution in [2.75, 3.05) is 6.26 Å². The number of aromatic nitrogens is 3. The molecule has 0 atom stereocenters. The zero-order valence-electron chi connectivity index (χ0n) is 15.6. The third-order valence-electron chi connectivity index (χ3n) is 4.18. The van der Waals surface area contributed by atoms with Crippen molar-refractivity contribution in [2.45, 2.75) is 6.61 Å². The number of halogens is 1. The maximum atomic E-state index is 12.9. The van der Waals surface area contributed by atoms with E-state index in [9.17, 15) is 13.2 Å². The number of thiazole rings is 1. The maximum absolute atomic E-state index is 12.9. The molecule has 0 saturated carbocycles. The van der Waals surface area contributed by atoms with E-state index in [1.54, 1.807) is 52.5 Å². The van der Waals surface area contributed by atoms with Gasteiger partial charge < -0.3 is 4.98 Å². The summed E-state index contributed by atoms with van der Waals surface area (Å²) in [7, 11) is -3.66. The topological polar surface area (TPSA) is 106 Å². The average Bonchev–Trinajstić information content (AvgIpc) is 3.33. The minimum absolute atomic E-state index is 0.221. The summed E-state index contributed by atoms with van der Waals surface area (Å²) in [6.07, 6.45) is 4.20. The number of carbonyl (C=O) groups excluding carboxylic acids is 1. The quantitative estimate of drug-likeness (QED) is 0.458. The van der Waals surface area contributed by atoms with Crippen LogP contribution in [-0.2, 0) is 20.9 Å². The minimum atomic E-state index is -3.66. The molecule has 3 aromatic heterocycles. The van der Waals surface area contributed by atoms with Crippen molar-refractivity contribution < 1.29 is 17.4 Å². The molecular weight excluding hydrogens is 448 g/mol. The highest BCUT2D eigenvalue weighted by atomic mass is 35.5. The van der Waals surface area contributed by atoms with Crippen LogP contribution in [0.3, 0.4) is 0 Å². The first-order valence-electron chi connectivity index (χ1n) is 8.63. The zero-order valence-corrected chi connectivity index (χ0v) is 18.0. The molecule has 11 heteroatoms. The Morgan fingerprint density at radius 1 is 1.30 bits per heavy atom. The summed E-state index contributed by atoms with van der Waals surface area (Å²) in [6.45, 7) is -0.221. The Bertz CT molecular complexity index is 1420. The van der Waals surface area contributed by atoms with Crippen LogP contribution in [0.4, 0.5) is 0 Å². The summed E-state index contributed by atoms with van der Waals surface area (Å²) in [5, 5.41) is 2.76. The molecule has 0 saturated heterocycles. The lowest BCUT2D eigenvalue weighted by Gasteiger charge is -2.10. The van der Waals surface area contributed by atoms with Crippen LogP contribution < -0.4 is 4.80 Å². The van der Waals surface area contributed by atoms with E-state index >= 15 is 0 Å². The molecule has 3 heterocycles. The van der Waals surface area contributed by atoms with E-state index in [4.69, 9.17) is 15.8 Å². The second-order valence-corrected chi connectivity index (χ2v) is 9.17. The van der Waals surface area contributed by atoms with Gasteiger partial charge in [-0.05, 0) is 24.3 Å². The molecule has 1 aromatic carbocycles. The number of pyridine rings is 1. The highest BCUT2D eigenvalue weighted by Gasteiger charge is 2.16. The van der Waals surface area contributed by atoms with E-state index in [-0.39, 0.29) is 6.61 Å². The first-order chi connectivity index (χ1) is 14.3. The number of aromatic amines is 1. The second-order valence-electron chi connectivity index (χ2n) is 6.28. The molecule has 4 aromatic rings. The number of hydrogen-bond acceptors (Lipinski definition) is 6. The van der Waals surface area contributed by atoms with Gasteiger partial charge in [0.05, 0.1) is 28.2 Å². The maximum Gasteiger partial charge on any atom is 0.280 e. The molecule has 0 aliphatic rings. The Morgan fingerprint density at radius 3 is 2.87 bits per heavy atom. The van der Waals surface area contributed by atoms with Gasteiger partial charge in [0.1, 0.15) is 12.3 Å². The van der Waals surface area contributed by atoms with Crippen molar-refractivity contribution in [3.63, 3.8) is 0 Å². The molecule has 0 unspecified atom stereocenters. The Balaban J connectivity index is 1.85. The van der Waals surface area contributed by atoms with Crippen molar-refractivity contribution in [3.05, 3.63) is 75.3 Å². The number of benzene rings is 1. The molecule has 0 aliphatic heterocycles. The number of carbonyl (C=O) groups is 1. The Labute approximate surface area is 180 Å². The summed E-state index contributed by atoms with van der Waals surface area (Å²) >= 11 is 7.53. The third kappa shape index (κ3) is 4.21. The number of hydrogen-bond donors (Lipinski definition) is 1.